The van der Waals surface area contributed by atoms with Crippen molar-refractivity contribution in [3.63, 3.8) is 0 Å². The fourth-order valence-corrected chi connectivity index (χ4v) is 2.99. The minimum absolute atomic E-state index is 0.160. The molecular formula is C15H15N3O. The van der Waals surface area contributed by atoms with Gasteiger partial charge in [0.2, 0.25) is 0 Å². The molecule has 2 aliphatic carbocycles. The van der Waals surface area contributed by atoms with Crippen LogP contribution in [-0.2, 0) is 0 Å². The van der Waals surface area contributed by atoms with Crippen molar-refractivity contribution in [1.82, 2.24) is 9.55 Å². The van der Waals surface area contributed by atoms with Crippen LogP contribution in [0.1, 0.15) is 49.0 Å². The Kier molecular flexibility index (Phi) is 2.21. The summed E-state index contributed by atoms with van der Waals surface area (Å²) >= 11 is 0. The lowest BCUT2D eigenvalue weighted by Gasteiger charge is -2.31. The maximum atomic E-state index is 9.50. The van der Waals surface area contributed by atoms with Crippen LogP contribution in [0.3, 0.4) is 0 Å². The number of hydrogen-bond donors (Lipinski definition) is 1. The van der Waals surface area contributed by atoms with Gasteiger partial charge in [-0.2, -0.15) is 5.26 Å². The molecule has 0 spiro atoms. The predicted octanol–water partition coefficient (Wildman–Crippen LogP) is 2.48. The molecule has 1 N–H and O–H groups in total. The monoisotopic (exact) mass is 253 g/mol. The molecule has 2 saturated carbocycles. The molecule has 19 heavy (non-hydrogen) atoms. The van der Waals surface area contributed by atoms with E-state index in [0.29, 0.717) is 17.5 Å². The lowest BCUT2D eigenvalue weighted by molar-refractivity contribution is 0.0705. The Labute approximate surface area is 111 Å². The predicted molar refractivity (Wildman–Crippen MR) is 70.7 cm³/mol. The normalized spacial score (nSPS) is 26.1. The fourth-order valence-electron chi connectivity index (χ4n) is 2.99. The van der Waals surface area contributed by atoms with E-state index in [1.807, 2.05) is 18.2 Å². The lowest BCUT2D eigenvalue weighted by atomic mass is 9.82. The van der Waals surface area contributed by atoms with Gasteiger partial charge in [-0.3, -0.25) is 0 Å². The average Bonchev–Trinajstić information content (AvgIpc) is 3.15. The number of benzene rings is 1. The fraction of sp³-hybridized carbons (Fsp3) is 0.467. The van der Waals surface area contributed by atoms with Crippen molar-refractivity contribution in [2.75, 3.05) is 0 Å². The molecule has 0 aliphatic heterocycles. The van der Waals surface area contributed by atoms with Gasteiger partial charge in [0, 0.05) is 12.0 Å². The maximum Gasteiger partial charge on any atom is 0.113 e. The highest BCUT2D eigenvalue weighted by Crippen LogP contribution is 2.44. The van der Waals surface area contributed by atoms with Crippen LogP contribution in [0.15, 0.2) is 18.2 Å². The van der Waals surface area contributed by atoms with E-state index >= 15 is 0 Å². The Morgan fingerprint density at radius 3 is 2.74 bits per heavy atom. The summed E-state index contributed by atoms with van der Waals surface area (Å²) in [6.45, 7) is 0. The summed E-state index contributed by atoms with van der Waals surface area (Å²) in [5, 5.41) is 18.5. The number of aromatic nitrogens is 2. The zero-order valence-electron chi connectivity index (χ0n) is 10.6. The van der Waals surface area contributed by atoms with Crippen LogP contribution < -0.4 is 0 Å². The van der Waals surface area contributed by atoms with Crippen LogP contribution in [0, 0.1) is 11.3 Å². The Hall–Kier alpha value is -1.86. The minimum Gasteiger partial charge on any atom is -0.393 e. The molecule has 4 rings (SSSR count). The summed E-state index contributed by atoms with van der Waals surface area (Å²) in [4.78, 5) is 4.74. The van der Waals surface area contributed by atoms with E-state index in [9.17, 15) is 5.11 Å². The first-order valence-corrected chi connectivity index (χ1v) is 6.86. The zero-order valence-corrected chi connectivity index (χ0v) is 10.6. The Morgan fingerprint density at radius 1 is 1.32 bits per heavy atom. The Balaban J connectivity index is 1.87. The molecule has 2 aromatic rings. The SMILES string of the molecule is N#Cc1ccc2c(c1)nc(C1CC(O)C1)n2C1CC1. The highest BCUT2D eigenvalue weighted by atomic mass is 16.3. The van der Waals surface area contributed by atoms with Gasteiger partial charge >= 0.3 is 0 Å². The molecule has 0 radical (unpaired) electrons. The van der Waals surface area contributed by atoms with Gasteiger partial charge in [-0.1, -0.05) is 0 Å². The number of fused-ring (bicyclic) bond motifs is 1. The Morgan fingerprint density at radius 2 is 2.11 bits per heavy atom. The standard InChI is InChI=1S/C15H15N3O/c16-8-9-1-4-14-13(5-9)17-15(10-6-12(19)7-10)18(14)11-2-3-11/h1,4-5,10-12,19H,2-3,6-7H2. The second-order valence-corrected chi connectivity index (χ2v) is 5.71. The van der Waals surface area contributed by atoms with Crippen molar-refractivity contribution in [3.05, 3.63) is 29.6 Å². The third kappa shape index (κ3) is 1.66. The van der Waals surface area contributed by atoms with Crippen molar-refractivity contribution in [2.45, 2.75) is 43.7 Å². The molecule has 0 atom stereocenters. The van der Waals surface area contributed by atoms with Gasteiger partial charge in [0.15, 0.2) is 0 Å². The topological polar surface area (TPSA) is 61.8 Å². The minimum atomic E-state index is -0.160. The quantitative estimate of drug-likeness (QED) is 0.894. The first-order chi connectivity index (χ1) is 9.26. The van der Waals surface area contributed by atoms with E-state index in [2.05, 4.69) is 10.6 Å². The van der Waals surface area contributed by atoms with Crippen molar-refractivity contribution < 1.29 is 5.11 Å². The van der Waals surface area contributed by atoms with Gasteiger partial charge in [-0.05, 0) is 43.9 Å². The van der Waals surface area contributed by atoms with Gasteiger partial charge < -0.3 is 9.67 Å². The van der Waals surface area contributed by atoms with Crippen LogP contribution >= 0.6 is 0 Å². The van der Waals surface area contributed by atoms with Crippen LogP contribution in [0.25, 0.3) is 11.0 Å². The van der Waals surface area contributed by atoms with E-state index in [1.165, 1.54) is 12.8 Å². The van der Waals surface area contributed by atoms with Crippen LogP contribution in [0.2, 0.25) is 0 Å². The second kappa shape index (κ2) is 3.82. The summed E-state index contributed by atoms with van der Waals surface area (Å²) in [7, 11) is 0. The lowest BCUT2D eigenvalue weighted by Crippen LogP contribution is -2.28. The van der Waals surface area contributed by atoms with Crippen LogP contribution in [-0.4, -0.2) is 20.8 Å². The van der Waals surface area contributed by atoms with Crippen molar-refractivity contribution in [3.8, 4) is 6.07 Å². The first-order valence-electron chi connectivity index (χ1n) is 6.86. The number of hydrogen-bond acceptors (Lipinski definition) is 3. The second-order valence-electron chi connectivity index (χ2n) is 5.71. The van der Waals surface area contributed by atoms with Crippen LogP contribution in [0.5, 0.6) is 0 Å². The highest BCUT2D eigenvalue weighted by molar-refractivity contribution is 5.78. The van der Waals surface area contributed by atoms with E-state index < -0.39 is 0 Å². The van der Waals surface area contributed by atoms with Crippen molar-refractivity contribution in [2.24, 2.45) is 0 Å². The molecule has 1 heterocycles. The first kappa shape index (κ1) is 11.0. The average molecular weight is 253 g/mol. The molecular weight excluding hydrogens is 238 g/mol. The van der Waals surface area contributed by atoms with E-state index in [0.717, 1.165) is 29.7 Å². The summed E-state index contributed by atoms with van der Waals surface area (Å²) in [6.07, 6.45) is 3.91. The largest absolute Gasteiger partial charge is 0.393 e. The number of rotatable bonds is 2. The number of aliphatic hydroxyl groups excluding tert-OH is 1. The van der Waals surface area contributed by atoms with Crippen molar-refractivity contribution >= 4 is 11.0 Å². The molecule has 0 unspecified atom stereocenters. The number of nitrogens with zero attached hydrogens (tertiary/aromatic N) is 3. The maximum absolute atomic E-state index is 9.50. The van der Waals surface area contributed by atoms with E-state index in [4.69, 9.17) is 10.2 Å². The molecule has 0 saturated heterocycles. The van der Waals surface area contributed by atoms with Crippen molar-refractivity contribution in [1.29, 1.82) is 5.26 Å². The number of nitriles is 1. The van der Waals surface area contributed by atoms with Crippen LogP contribution in [0.4, 0.5) is 0 Å². The van der Waals surface area contributed by atoms with E-state index in [-0.39, 0.29) is 6.10 Å². The molecule has 4 nitrogen and oxygen atoms in total. The smallest absolute Gasteiger partial charge is 0.113 e. The van der Waals surface area contributed by atoms with Gasteiger partial charge in [0.25, 0.3) is 0 Å². The summed E-state index contributed by atoms with van der Waals surface area (Å²) in [6, 6.07) is 8.49. The molecule has 4 heteroatoms. The third-order valence-electron chi connectivity index (χ3n) is 4.24. The molecule has 0 bridgehead atoms. The van der Waals surface area contributed by atoms with Gasteiger partial charge in [-0.25, -0.2) is 4.98 Å². The van der Waals surface area contributed by atoms with Gasteiger partial charge in [-0.15, -0.1) is 0 Å². The number of aliphatic hydroxyl groups is 1. The highest BCUT2D eigenvalue weighted by Gasteiger charge is 2.36. The number of imidazole rings is 1. The molecule has 0 amide bonds. The Bertz CT molecular complexity index is 687. The summed E-state index contributed by atoms with van der Waals surface area (Å²) < 4.78 is 2.34. The molecule has 2 aliphatic rings. The zero-order chi connectivity index (χ0) is 13.0. The van der Waals surface area contributed by atoms with Gasteiger partial charge in [0.1, 0.15) is 5.82 Å². The summed E-state index contributed by atoms with van der Waals surface area (Å²) in [5.41, 5.74) is 2.72. The molecule has 1 aromatic carbocycles. The van der Waals surface area contributed by atoms with Gasteiger partial charge in [0.05, 0.1) is 28.8 Å². The summed E-state index contributed by atoms with van der Waals surface area (Å²) in [5.74, 6) is 1.49. The van der Waals surface area contributed by atoms with E-state index in [1.54, 1.807) is 0 Å². The third-order valence-corrected chi connectivity index (χ3v) is 4.24. The molecule has 2 fully saturated rings. The molecule has 96 valence electrons. The molecule has 1 aromatic heterocycles.